The summed E-state index contributed by atoms with van der Waals surface area (Å²) in [5.41, 5.74) is 5.47. The Morgan fingerprint density at radius 2 is 1.86 bits per heavy atom. The molecule has 1 saturated heterocycles. The first kappa shape index (κ1) is 25.8. The average molecular weight is 524 g/mol. The lowest BCUT2D eigenvalue weighted by atomic mass is 10.1. The Morgan fingerprint density at radius 3 is 2.56 bits per heavy atom. The Hall–Kier alpha value is -3.30. The molecule has 0 bridgehead atoms. The zero-order valence-corrected chi connectivity index (χ0v) is 21.9. The molecule has 9 heteroatoms. The van der Waals surface area contributed by atoms with E-state index in [1.54, 1.807) is 36.4 Å². The summed E-state index contributed by atoms with van der Waals surface area (Å²) in [6.07, 6.45) is 2.36. The van der Waals surface area contributed by atoms with E-state index in [-0.39, 0.29) is 11.0 Å². The summed E-state index contributed by atoms with van der Waals surface area (Å²) in [5, 5.41) is 4.05. The fourth-order valence-corrected chi connectivity index (χ4v) is 5.70. The highest BCUT2D eigenvalue weighted by molar-refractivity contribution is 8.00. The number of sulfonamides is 1. The smallest absolute Gasteiger partial charge is 0.264 e. The second-order valence-electron chi connectivity index (χ2n) is 8.45. The molecule has 1 aliphatic rings. The molecule has 1 heterocycles. The van der Waals surface area contributed by atoms with Gasteiger partial charge in [-0.2, -0.15) is 16.9 Å². The van der Waals surface area contributed by atoms with Crippen LogP contribution in [0.2, 0.25) is 0 Å². The summed E-state index contributed by atoms with van der Waals surface area (Å²) in [6, 6.07) is 21.2. The molecular formula is C27H29N3O4S2. The molecule has 0 atom stereocenters. The Kier molecular flexibility index (Phi) is 8.32. The maximum Gasteiger partial charge on any atom is 0.264 e. The number of aryl methyl sites for hydroxylation is 2. The first-order valence-electron chi connectivity index (χ1n) is 11.7. The van der Waals surface area contributed by atoms with Gasteiger partial charge in [0.1, 0.15) is 18.4 Å². The molecule has 4 rings (SSSR count). The van der Waals surface area contributed by atoms with E-state index < -0.39 is 22.5 Å². The summed E-state index contributed by atoms with van der Waals surface area (Å²) < 4.78 is 34.2. The minimum atomic E-state index is -3.99. The molecule has 7 nitrogen and oxygen atoms in total. The van der Waals surface area contributed by atoms with Crippen LogP contribution < -0.4 is 14.5 Å². The fraction of sp³-hybridized carbons (Fsp3) is 0.259. The number of hydrogen-bond acceptors (Lipinski definition) is 6. The SMILES string of the molecule is CCc1ccccc1N(CC(=O)N/N=C\c1cccc(OC2CSC2)c1)S(=O)(=O)c1ccc(C)cc1. The normalized spacial score (nSPS) is 13.8. The summed E-state index contributed by atoms with van der Waals surface area (Å²) in [6.45, 7) is 3.43. The van der Waals surface area contributed by atoms with E-state index in [1.807, 2.05) is 62.0 Å². The quantitative estimate of drug-likeness (QED) is 0.314. The van der Waals surface area contributed by atoms with Crippen molar-refractivity contribution in [1.82, 2.24) is 5.43 Å². The topological polar surface area (TPSA) is 88.1 Å². The molecule has 36 heavy (non-hydrogen) atoms. The molecule has 0 saturated carbocycles. The largest absolute Gasteiger partial charge is 0.489 e. The van der Waals surface area contributed by atoms with Gasteiger partial charge in [-0.25, -0.2) is 13.8 Å². The highest BCUT2D eigenvalue weighted by Gasteiger charge is 2.28. The van der Waals surface area contributed by atoms with Crippen LogP contribution in [-0.4, -0.2) is 44.7 Å². The van der Waals surface area contributed by atoms with Crippen molar-refractivity contribution in [2.24, 2.45) is 5.10 Å². The maximum atomic E-state index is 13.6. The Labute approximate surface area is 216 Å². The first-order chi connectivity index (χ1) is 17.4. The fourth-order valence-electron chi connectivity index (χ4n) is 3.68. The van der Waals surface area contributed by atoms with Crippen molar-refractivity contribution in [2.75, 3.05) is 22.4 Å². The molecule has 0 radical (unpaired) electrons. The number of hydrazone groups is 1. The molecule has 1 fully saturated rings. The van der Waals surface area contributed by atoms with Gasteiger partial charge in [0, 0.05) is 11.5 Å². The Morgan fingerprint density at radius 1 is 1.11 bits per heavy atom. The number of anilines is 1. The van der Waals surface area contributed by atoms with Gasteiger partial charge in [-0.05, 0) is 54.8 Å². The Bertz CT molecular complexity index is 1340. The molecule has 0 unspecified atom stereocenters. The first-order valence-corrected chi connectivity index (χ1v) is 14.3. The summed E-state index contributed by atoms with van der Waals surface area (Å²) in [4.78, 5) is 13.0. The third-order valence-electron chi connectivity index (χ3n) is 5.71. The van der Waals surface area contributed by atoms with Gasteiger partial charge in [0.15, 0.2) is 0 Å². The number of nitrogens with zero attached hydrogens (tertiary/aromatic N) is 2. The van der Waals surface area contributed by atoms with Crippen molar-refractivity contribution < 1.29 is 17.9 Å². The van der Waals surface area contributed by atoms with E-state index in [2.05, 4.69) is 10.5 Å². The van der Waals surface area contributed by atoms with Crippen LogP contribution in [0.25, 0.3) is 0 Å². The average Bonchev–Trinajstić information content (AvgIpc) is 2.85. The second-order valence-corrected chi connectivity index (χ2v) is 11.4. The summed E-state index contributed by atoms with van der Waals surface area (Å²) >= 11 is 1.85. The predicted molar refractivity (Wildman–Crippen MR) is 145 cm³/mol. The van der Waals surface area contributed by atoms with Crippen LogP contribution in [0.4, 0.5) is 5.69 Å². The van der Waals surface area contributed by atoms with Gasteiger partial charge in [-0.15, -0.1) is 0 Å². The molecule has 1 N–H and O–H groups in total. The number of thioether (sulfide) groups is 1. The van der Waals surface area contributed by atoms with Crippen molar-refractivity contribution >= 4 is 39.6 Å². The van der Waals surface area contributed by atoms with Crippen molar-refractivity contribution in [1.29, 1.82) is 0 Å². The minimum absolute atomic E-state index is 0.122. The van der Waals surface area contributed by atoms with Gasteiger partial charge in [-0.1, -0.05) is 55.0 Å². The summed E-state index contributed by atoms with van der Waals surface area (Å²) in [5.74, 6) is 2.17. The van der Waals surface area contributed by atoms with E-state index in [0.717, 1.165) is 38.3 Å². The number of benzene rings is 3. The number of nitrogens with one attached hydrogen (secondary N) is 1. The predicted octanol–water partition coefficient (Wildman–Crippen LogP) is 4.40. The highest BCUT2D eigenvalue weighted by atomic mass is 32.2. The molecule has 3 aromatic rings. The van der Waals surface area contributed by atoms with Crippen molar-refractivity contribution in [2.45, 2.75) is 31.3 Å². The van der Waals surface area contributed by atoms with Crippen LogP contribution >= 0.6 is 11.8 Å². The van der Waals surface area contributed by atoms with Gasteiger partial charge in [0.2, 0.25) is 0 Å². The third kappa shape index (κ3) is 6.27. The molecule has 188 valence electrons. The zero-order chi connectivity index (χ0) is 25.5. The second kappa shape index (κ2) is 11.6. The van der Waals surface area contributed by atoms with Gasteiger partial charge in [0.25, 0.3) is 15.9 Å². The third-order valence-corrected chi connectivity index (χ3v) is 8.70. The number of para-hydroxylation sites is 1. The lowest BCUT2D eigenvalue weighted by Gasteiger charge is -2.26. The van der Waals surface area contributed by atoms with Crippen LogP contribution in [0.1, 0.15) is 23.6 Å². The Balaban J connectivity index is 1.51. The lowest BCUT2D eigenvalue weighted by molar-refractivity contribution is -0.119. The maximum absolute atomic E-state index is 13.6. The summed E-state index contributed by atoms with van der Waals surface area (Å²) in [7, 11) is -3.99. The minimum Gasteiger partial charge on any atom is -0.489 e. The van der Waals surface area contributed by atoms with E-state index >= 15 is 0 Å². The van der Waals surface area contributed by atoms with Crippen molar-refractivity contribution in [3.05, 3.63) is 89.5 Å². The standard InChI is InChI=1S/C27H29N3O4S2/c1-3-22-8-4-5-10-26(22)30(36(32,33)25-13-11-20(2)12-14-25)17-27(31)29-28-16-21-7-6-9-23(15-21)34-24-18-35-19-24/h4-16,24H,3,17-19H2,1-2H3,(H,29,31)/b28-16-. The molecule has 0 aliphatic carbocycles. The van der Waals surface area contributed by atoms with E-state index in [9.17, 15) is 13.2 Å². The monoisotopic (exact) mass is 523 g/mol. The van der Waals surface area contributed by atoms with Crippen LogP contribution in [0.5, 0.6) is 5.75 Å². The van der Waals surface area contributed by atoms with E-state index in [4.69, 9.17) is 4.74 Å². The number of rotatable bonds is 10. The van der Waals surface area contributed by atoms with Crippen molar-refractivity contribution in [3.63, 3.8) is 0 Å². The number of carbonyl (C=O) groups is 1. The van der Waals surface area contributed by atoms with E-state index in [1.165, 1.54) is 6.21 Å². The number of carbonyl (C=O) groups excluding carboxylic acids is 1. The highest BCUT2D eigenvalue weighted by Crippen LogP contribution is 2.28. The molecule has 0 aromatic heterocycles. The molecular weight excluding hydrogens is 494 g/mol. The van der Waals surface area contributed by atoms with Crippen LogP contribution in [0.15, 0.2) is 82.8 Å². The molecule has 3 aromatic carbocycles. The molecule has 1 amide bonds. The van der Waals surface area contributed by atoms with Gasteiger partial charge in [0.05, 0.1) is 16.8 Å². The number of hydrogen-bond donors (Lipinski definition) is 1. The van der Waals surface area contributed by atoms with Gasteiger partial charge < -0.3 is 4.74 Å². The van der Waals surface area contributed by atoms with E-state index in [0.29, 0.717) is 12.1 Å². The van der Waals surface area contributed by atoms with Gasteiger partial charge in [-0.3, -0.25) is 9.10 Å². The van der Waals surface area contributed by atoms with Crippen LogP contribution in [-0.2, 0) is 21.2 Å². The van der Waals surface area contributed by atoms with Crippen molar-refractivity contribution in [3.8, 4) is 5.75 Å². The van der Waals surface area contributed by atoms with Crippen LogP contribution in [0.3, 0.4) is 0 Å². The van der Waals surface area contributed by atoms with Crippen LogP contribution in [0, 0.1) is 6.92 Å². The van der Waals surface area contributed by atoms with Gasteiger partial charge >= 0.3 is 0 Å². The zero-order valence-electron chi connectivity index (χ0n) is 20.3. The number of ether oxygens (including phenoxy) is 1. The molecule has 1 aliphatic heterocycles. The lowest BCUT2D eigenvalue weighted by Crippen LogP contribution is -2.40. The number of amides is 1. The molecule has 0 spiro atoms.